The molecule has 108 valence electrons. The van der Waals surface area contributed by atoms with Gasteiger partial charge in [-0.3, -0.25) is 4.57 Å². The summed E-state index contributed by atoms with van der Waals surface area (Å²) in [6.45, 7) is 0. The molecule has 0 amide bonds. The highest BCUT2D eigenvalue weighted by Gasteiger charge is 2.12. The Morgan fingerprint density at radius 3 is 2.86 bits per heavy atom. The Morgan fingerprint density at radius 1 is 1.29 bits per heavy atom. The molecule has 1 N–H and O–H groups in total. The number of oxazole rings is 1. The smallest absolute Gasteiger partial charge is 0.408 e. The van der Waals surface area contributed by atoms with E-state index >= 15 is 0 Å². The fraction of sp³-hybridized carbons (Fsp3) is 0.188. The summed E-state index contributed by atoms with van der Waals surface area (Å²) in [5, 5.41) is 11.0. The molecule has 2 aromatic carbocycles. The Bertz CT molecular complexity index is 850. The summed E-state index contributed by atoms with van der Waals surface area (Å²) in [5.41, 5.74) is 2.84. The molecule has 0 saturated carbocycles. The molecular formula is C16H14ClNO3. The first kappa shape index (κ1) is 13.9. The minimum absolute atomic E-state index is 0.411. The summed E-state index contributed by atoms with van der Waals surface area (Å²) in [6.07, 6.45) is -0.235. The third-order valence-corrected chi connectivity index (χ3v) is 3.75. The molecule has 1 unspecified atom stereocenters. The number of benzene rings is 2. The Balaban J connectivity index is 1.91. The Labute approximate surface area is 126 Å². The molecule has 0 fully saturated rings. The lowest BCUT2D eigenvalue weighted by atomic mass is 10.0. The van der Waals surface area contributed by atoms with Gasteiger partial charge in [-0.25, -0.2) is 4.79 Å². The molecule has 21 heavy (non-hydrogen) atoms. The molecule has 0 radical (unpaired) electrons. The van der Waals surface area contributed by atoms with Crippen molar-refractivity contribution in [2.75, 3.05) is 0 Å². The number of fused-ring (bicyclic) bond motifs is 1. The minimum Gasteiger partial charge on any atom is -0.408 e. The molecule has 3 rings (SSSR count). The molecule has 0 saturated heterocycles. The fourth-order valence-corrected chi connectivity index (χ4v) is 2.58. The van der Waals surface area contributed by atoms with E-state index in [0.717, 1.165) is 5.56 Å². The van der Waals surface area contributed by atoms with Gasteiger partial charge in [0.1, 0.15) is 0 Å². The van der Waals surface area contributed by atoms with E-state index < -0.39 is 11.9 Å². The van der Waals surface area contributed by atoms with Crippen molar-refractivity contribution in [2.45, 2.75) is 12.5 Å². The van der Waals surface area contributed by atoms with Gasteiger partial charge in [-0.2, -0.15) is 0 Å². The number of aliphatic hydroxyl groups is 1. The SMILES string of the molecule is Cn1c(=O)oc2cc(C(O)Cc3cccc(Cl)c3)ccc21. The average Bonchev–Trinajstić information content (AvgIpc) is 2.73. The van der Waals surface area contributed by atoms with Gasteiger partial charge < -0.3 is 9.52 Å². The van der Waals surface area contributed by atoms with E-state index in [1.807, 2.05) is 18.2 Å². The third kappa shape index (κ3) is 2.73. The Kier molecular flexibility index (Phi) is 3.57. The van der Waals surface area contributed by atoms with Crippen molar-refractivity contribution < 1.29 is 9.52 Å². The molecule has 0 bridgehead atoms. The lowest BCUT2D eigenvalue weighted by molar-refractivity contribution is 0.178. The maximum atomic E-state index is 11.5. The minimum atomic E-state index is -0.682. The van der Waals surface area contributed by atoms with Gasteiger partial charge in [-0.1, -0.05) is 29.8 Å². The highest BCUT2D eigenvalue weighted by atomic mass is 35.5. The first-order valence-electron chi connectivity index (χ1n) is 6.56. The highest BCUT2D eigenvalue weighted by molar-refractivity contribution is 6.30. The molecule has 5 heteroatoms. The van der Waals surface area contributed by atoms with Crippen molar-refractivity contribution >= 4 is 22.7 Å². The van der Waals surface area contributed by atoms with Crippen molar-refractivity contribution in [1.82, 2.24) is 4.57 Å². The second kappa shape index (κ2) is 5.39. The molecule has 1 heterocycles. The molecule has 0 aliphatic carbocycles. The van der Waals surface area contributed by atoms with Gasteiger partial charge in [0, 0.05) is 18.5 Å². The van der Waals surface area contributed by atoms with Crippen molar-refractivity contribution in [3.63, 3.8) is 0 Å². The fourth-order valence-electron chi connectivity index (χ4n) is 2.36. The third-order valence-electron chi connectivity index (χ3n) is 3.52. The lowest BCUT2D eigenvalue weighted by Crippen LogP contribution is -2.08. The zero-order chi connectivity index (χ0) is 15.0. The summed E-state index contributed by atoms with van der Waals surface area (Å²) >= 11 is 5.94. The van der Waals surface area contributed by atoms with Gasteiger partial charge >= 0.3 is 5.76 Å². The van der Waals surface area contributed by atoms with Gasteiger partial charge in [-0.15, -0.1) is 0 Å². The van der Waals surface area contributed by atoms with Crippen LogP contribution in [-0.2, 0) is 13.5 Å². The van der Waals surface area contributed by atoms with Crippen LogP contribution in [0.5, 0.6) is 0 Å². The monoisotopic (exact) mass is 303 g/mol. The first-order chi connectivity index (χ1) is 10.0. The maximum Gasteiger partial charge on any atom is 0.419 e. The van der Waals surface area contributed by atoms with Crippen LogP contribution in [0.25, 0.3) is 11.1 Å². The van der Waals surface area contributed by atoms with Crippen molar-refractivity contribution in [3.05, 3.63) is 69.2 Å². The van der Waals surface area contributed by atoms with Crippen LogP contribution in [0.2, 0.25) is 5.02 Å². The lowest BCUT2D eigenvalue weighted by Gasteiger charge is -2.11. The molecule has 3 aromatic rings. The van der Waals surface area contributed by atoms with Crippen LogP contribution in [0, 0.1) is 0 Å². The predicted molar refractivity (Wildman–Crippen MR) is 81.6 cm³/mol. The zero-order valence-electron chi connectivity index (χ0n) is 11.4. The van der Waals surface area contributed by atoms with Crippen LogP contribution in [0.4, 0.5) is 0 Å². The molecule has 0 aliphatic heterocycles. The van der Waals surface area contributed by atoms with E-state index in [-0.39, 0.29) is 0 Å². The summed E-state index contributed by atoms with van der Waals surface area (Å²) in [5.74, 6) is -0.411. The average molecular weight is 304 g/mol. The standard InChI is InChI=1S/C16H14ClNO3/c1-18-13-6-5-11(9-15(13)21-16(18)20)14(19)8-10-3-2-4-12(17)7-10/h2-7,9,14,19H,8H2,1H3. The van der Waals surface area contributed by atoms with Crippen LogP contribution >= 0.6 is 11.6 Å². The summed E-state index contributed by atoms with van der Waals surface area (Å²) in [4.78, 5) is 11.5. The van der Waals surface area contributed by atoms with Gasteiger partial charge in [-0.05, 0) is 35.4 Å². The number of rotatable bonds is 3. The maximum absolute atomic E-state index is 11.5. The first-order valence-corrected chi connectivity index (χ1v) is 6.94. The molecule has 1 atom stereocenters. The van der Waals surface area contributed by atoms with E-state index in [1.165, 1.54) is 4.57 Å². The van der Waals surface area contributed by atoms with Crippen LogP contribution in [0.15, 0.2) is 51.7 Å². The number of hydrogen-bond donors (Lipinski definition) is 1. The van der Waals surface area contributed by atoms with Crippen LogP contribution in [-0.4, -0.2) is 9.67 Å². The highest BCUT2D eigenvalue weighted by Crippen LogP contribution is 2.23. The van der Waals surface area contributed by atoms with Crippen molar-refractivity contribution in [1.29, 1.82) is 0 Å². The number of hydrogen-bond acceptors (Lipinski definition) is 3. The summed E-state index contributed by atoms with van der Waals surface area (Å²) < 4.78 is 6.57. The molecule has 4 nitrogen and oxygen atoms in total. The Morgan fingerprint density at radius 2 is 2.10 bits per heavy atom. The Hall–Kier alpha value is -2.04. The van der Waals surface area contributed by atoms with Crippen LogP contribution in [0.3, 0.4) is 0 Å². The second-order valence-electron chi connectivity index (χ2n) is 5.00. The topological polar surface area (TPSA) is 55.4 Å². The van der Waals surface area contributed by atoms with E-state index in [0.29, 0.717) is 28.1 Å². The molecule has 0 aliphatic rings. The number of aryl methyl sites for hydroxylation is 1. The van der Waals surface area contributed by atoms with Gasteiger partial charge in [0.2, 0.25) is 0 Å². The summed E-state index contributed by atoms with van der Waals surface area (Å²) in [6, 6.07) is 12.7. The van der Waals surface area contributed by atoms with E-state index in [1.54, 1.807) is 31.3 Å². The normalized spacial score (nSPS) is 12.7. The van der Waals surface area contributed by atoms with Crippen molar-refractivity contribution in [2.24, 2.45) is 7.05 Å². The van der Waals surface area contributed by atoms with Gasteiger partial charge in [0.15, 0.2) is 5.58 Å². The van der Waals surface area contributed by atoms with Gasteiger partial charge in [0.05, 0.1) is 11.6 Å². The van der Waals surface area contributed by atoms with Crippen LogP contribution < -0.4 is 5.76 Å². The van der Waals surface area contributed by atoms with Gasteiger partial charge in [0.25, 0.3) is 0 Å². The van der Waals surface area contributed by atoms with E-state index in [2.05, 4.69) is 0 Å². The number of aromatic nitrogens is 1. The number of nitrogens with zero attached hydrogens (tertiary/aromatic N) is 1. The molecule has 0 spiro atoms. The second-order valence-corrected chi connectivity index (χ2v) is 5.44. The predicted octanol–water partition coefficient (Wildman–Crippen LogP) is 3.06. The number of aliphatic hydroxyl groups excluding tert-OH is 1. The van der Waals surface area contributed by atoms with Crippen LogP contribution in [0.1, 0.15) is 17.2 Å². The largest absolute Gasteiger partial charge is 0.419 e. The number of halogens is 1. The van der Waals surface area contributed by atoms with Crippen molar-refractivity contribution in [3.8, 4) is 0 Å². The molecule has 1 aromatic heterocycles. The molecular weight excluding hydrogens is 290 g/mol. The quantitative estimate of drug-likeness (QED) is 0.809. The zero-order valence-corrected chi connectivity index (χ0v) is 12.2. The van der Waals surface area contributed by atoms with E-state index in [4.69, 9.17) is 16.0 Å². The summed E-state index contributed by atoms with van der Waals surface area (Å²) in [7, 11) is 1.65. The van der Waals surface area contributed by atoms with E-state index in [9.17, 15) is 9.90 Å².